The molecule has 0 N–H and O–H groups in total. The van der Waals surface area contributed by atoms with E-state index in [2.05, 4.69) is 149 Å². The van der Waals surface area contributed by atoms with Gasteiger partial charge in [0.2, 0.25) is 6.43 Å². The number of aldehydes is 1. The fourth-order valence-electron chi connectivity index (χ4n) is 0.883. The molecule has 0 aromatic heterocycles. The average molecular weight is 1200 g/mol. The Balaban J connectivity index is -0.0000000952. The summed E-state index contributed by atoms with van der Waals surface area (Å²) in [5.41, 5.74) is 0.854. The molecule has 1 atom stereocenters. The first kappa shape index (κ1) is 43.4. The second-order valence-corrected chi connectivity index (χ2v) is 52.4. The molecule has 1 aromatic rings. The zero-order chi connectivity index (χ0) is 23.0. The molecule has 0 aliphatic rings. The van der Waals surface area contributed by atoms with Crippen molar-refractivity contribution >= 4 is 157 Å². The molecule has 0 fully saturated rings. The Morgan fingerprint density at radius 2 is 1.55 bits per heavy atom. The van der Waals surface area contributed by atoms with Gasteiger partial charge in [-0.1, -0.05) is 69.6 Å². The number of thiol groups is 1. The van der Waals surface area contributed by atoms with Crippen molar-refractivity contribution in [1.29, 1.82) is 0 Å². The number of rotatable bonds is 4. The van der Waals surface area contributed by atoms with Gasteiger partial charge >= 0.3 is 120 Å². The van der Waals surface area contributed by atoms with Crippen molar-refractivity contribution in [2.45, 2.75) is 19.1 Å². The van der Waals surface area contributed by atoms with E-state index in [0.717, 1.165) is 11.8 Å². The van der Waals surface area contributed by atoms with Crippen LogP contribution in [-0.4, -0.2) is 36.5 Å². The SMILES string of the molecule is C.COC(=O)C(S)c1ccccc1.FC(F)CBr.O=CCBr.[I][V]([I])[I].[I][V][I]. The molecule has 29 heavy (non-hydrogen) atoms. The molecule has 0 spiro atoms. The van der Waals surface area contributed by atoms with Gasteiger partial charge in [-0.3, -0.25) is 4.79 Å². The Kier molecular flexibility index (Phi) is 55.3. The number of methoxy groups -OCH3 is 1. The topological polar surface area (TPSA) is 43.4 Å². The van der Waals surface area contributed by atoms with Gasteiger partial charge in [0.05, 0.1) is 17.8 Å². The van der Waals surface area contributed by atoms with Crippen LogP contribution in [0.3, 0.4) is 0 Å². The number of hydrogen-bond donors (Lipinski definition) is 1. The molecule has 0 amide bonds. The number of hydrogen-bond acceptors (Lipinski definition) is 4. The van der Waals surface area contributed by atoms with Gasteiger partial charge in [-0.2, -0.15) is 12.6 Å². The van der Waals surface area contributed by atoms with Gasteiger partial charge in [0, 0.05) is 0 Å². The molecular formula is C14H20Br2F2I5O3SV2. The quantitative estimate of drug-likeness (QED) is 0.108. The second kappa shape index (κ2) is 36.9. The molecule has 173 valence electrons. The molecule has 0 radical (unpaired) electrons. The maximum absolute atomic E-state index is 11.0. The standard InChI is InChI=1S/C9H10O2S.C2H3BrF2.C2H3BrO.CH4.5HI.2V/c1-11-9(10)8(12)7-5-3-2-4-6-7;3-1-2(4)5;3-1-2-4;;;;;;;;/h2-6,8,12H,1H3;2H,1H2;2H,1H2;1H4;5*1H;;/q;;;;;;;;;+2;+3/p-5. The van der Waals surface area contributed by atoms with Crippen LogP contribution >= 0.6 is 144 Å². The molecule has 0 aliphatic heterocycles. The Bertz CT molecular complexity index is 460. The summed E-state index contributed by atoms with van der Waals surface area (Å²) in [5, 5.41) is -0.240. The van der Waals surface area contributed by atoms with Crippen LogP contribution in [0, 0.1) is 0 Å². The van der Waals surface area contributed by atoms with Crippen LogP contribution in [-0.2, 0) is 28.7 Å². The van der Waals surface area contributed by atoms with Gasteiger partial charge in [-0.25, -0.2) is 8.78 Å². The van der Waals surface area contributed by atoms with Gasteiger partial charge in [-0.15, -0.1) is 0 Å². The van der Waals surface area contributed by atoms with Crippen molar-refractivity contribution in [3.8, 4) is 0 Å². The van der Waals surface area contributed by atoms with Crippen molar-refractivity contribution in [2.75, 3.05) is 17.8 Å². The molecule has 0 aliphatic carbocycles. The number of carbonyl (C=O) groups excluding carboxylic acids is 2. The fourth-order valence-corrected chi connectivity index (χ4v) is 1.16. The molecule has 0 saturated heterocycles. The van der Waals surface area contributed by atoms with E-state index in [9.17, 15) is 13.6 Å². The molecule has 1 unspecified atom stereocenters. The second-order valence-electron chi connectivity index (χ2n) is 3.46. The van der Waals surface area contributed by atoms with Gasteiger partial charge in [0.15, 0.2) is 0 Å². The van der Waals surface area contributed by atoms with Crippen LogP contribution in [0.2, 0.25) is 0 Å². The van der Waals surface area contributed by atoms with Crippen LogP contribution in [0.4, 0.5) is 8.78 Å². The van der Waals surface area contributed by atoms with E-state index in [1.165, 1.54) is 7.11 Å². The van der Waals surface area contributed by atoms with E-state index in [-0.39, 0.29) is 23.6 Å². The normalized spacial score (nSPS) is 9.28. The Morgan fingerprint density at radius 3 is 1.76 bits per heavy atom. The Hall–Kier alpha value is 4.35. The third kappa shape index (κ3) is 46.4. The number of esters is 1. The zero-order valence-electron chi connectivity index (χ0n) is 14.0. The van der Waals surface area contributed by atoms with E-state index in [1.54, 1.807) is 0 Å². The molecule has 0 bridgehead atoms. The maximum atomic E-state index is 11.0. The average Bonchev–Trinajstić information content (AvgIpc) is 2.68. The van der Waals surface area contributed by atoms with E-state index < -0.39 is 11.7 Å². The third-order valence-electron chi connectivity index (χ3n) is 1.72. The van der Waals surface area contributed by atoms with Crippen LogP contribution in [0.1, 0.15) is 18.2 Å². The molecule has 0 saturated carbocycles. The van der Waals surface area contributed by atoms with Crippen molar-refractivity contribution in [2.24, 2.45) is 0 Å². The Morgan fingerprint density at radius 1 is 1.24 bits per heavy atom. The summed E-state index contributed by atoms with van der Waals surface area (Å²) in [7, 11) is 1.98. The third-order valence-corrected chi connectivity index (χ3v) is 2.98. The first-order valence-electron chi connectivity index (χ1n) is 6.43. The monoisotopic (exact) mass is 1200 g/mol. The summed E-state index contributed by atoms with van der Waals surface area (Å²) in [6.45, 7) is 0. The predicted octanol–water partition coefficient (Wildman–Crippen LogP) is 9.12. The number of benzene rings is 1. The van der Waals surface area contributed by atoms with Crippen LogP contribution in [0.15, 0.2) is 30.3 Å². The van der Waals surface area contributed by atoms with Gasteiger partial charge < -0.3 is 9.53 Å². The van der Waals surface area contributed by atoms with Gasteiger partial charge in [0.25, 0.3) is 0 Å². The number of halogens is 9. The van der Waals surface area contributed by atoms with Crippen LogP contribution in [0.5, 0.6) is 0 Å². The predicted molar refractivity (Wildman–Crippen MR) is 167 cm³/mol. The van der Waals surface area contributed by atoms with Crippen LogP contribution in [0.25, 0.3) is 0 Å². The summed E-state index contributed by atoms with van der Waals surface area (Å²) in [5.74, 6) is -0.329. The molecule has 1 aromatic carbocycles. The summed E-state index contributed by atoms with van der Waals surface area (Å²) >= 11 is 21.7. The summed E-state index contributed by atoms with van der Waals surface area (Å²) in [4.78, 5) is 19.9. The summed E-state index contributed by atoms with van der Waals surface area (Å²) < 4.78 is 26.0. The van der Waals surface area contributed by atoms with Crippen molar-refractivity contribution in [3.63, 3.8) is 0 Å². The van der Waals surface area contributed by atoms with Crippen molar-refractivity contribution in [3.05, 3.63) is 35.9 Å². The first-order chi connectivity index (χ1) is 13.1. The summed E-state index contributed by atoms with van der Waals surface area (Å²) in [6, 6.07) is 9.30. The Labute approximate surface area is 261 Å². The van der Waals surface area contributed by atoms with E-state index in [4.69, 9.17) is 4.79 Å². The molecule has 1 rings (SSSR count). The molecule has 3 nitrogen and oxygen atoms in total. The minimum absolute atomic E-state index is 0. The van der Waals surface area contributed by atoms with Crippen molar-refractivity contribution in [1.82, 2.24) is 0 Å². The number of alkyl halides is 4. The van der Waals surface area contributed by atoms with E-state index in [0.29, 0.717) is 14.8 Å². The van der Waals surface area contributed by atoms with Gasteiger partial charge in [0.1, 0.15) is 11.5 Å². The molecular weight excluding hydrogens is 1180 g/mol. The van der Waals surface area contributed by atoms with E-state index in [1.807, 2.05) is 30.3 Å². The zero-order valence-corrected chi connectivity index (χ0v) is 31.6. The fraction of sp³-hybridized carbons (Fsp3) is 0.429. The summed E-state index contributed by atoms with van der Waals surface area (Å²) in [6.07, 6.45) is -1.41. The van der Waals surface area contributed by atoms with Crippen molar-refractivity contribution < 1.29 is 37.5 Å². The molecule has 15 heteroatoms. The minimum atomic E-state index is -2.20. The molecule has 0 heterocycles. The number of ether oxygens (including phenoxy) is 1. The van der Waals surface area contributed by atoms with Gasteiger partial charge in [-0.05, 0) is 5.56 Å². The number of carbonyl (C=O) groups is 2. The van der Waals surface area contributed by atoms with E-state index >= 15 is 0 Å². The van der Waals surface area contributed by atoms with Crippen LogP contribution < -0.4 is 0 Å². The first-order valence-corrected chi connectivity index (χ1v) is 31.7.